The molecule has 2 heterocycles. The number of nitrogens with one attached hydrogen (secondary N) is 1. The van der Waals surface area contributed by atoms with E-state index in [1.807, 2.05) is 0 Å². The molecule has 0 spiro atoms. The van der Waals surface area contributed by atoms with Gasteiger partial charge in [-0.3, -0.25) is 9.36 Å². The van der Waals surface area contributed by atoms with Gasteiger partial charge in [-0.15, -0.1) is 5.10 Å². The van der Waals surface area contributed by atoms with Gasteiger partial charge in [0.15, 0.2) is 0 Å². The summed E-state index contributed by atoms with van der Waals surface area (Å²) in [5.41, 5.74) is 0.0276. The normalized spacial score (nSPS) is 16.5. The minimum absolute atomic E-state index is 0.0320. The van der Waals surface area contributed by atoms with Gasteiger partial charge in [0.05, 0.1) is 10.9 Å². The average Bonchev–Trinajstić information content (AvgIpc) is 2.96. The summed E-state index contributed by atoms with van der Waals surface area (Å²) in [6.45, 7) is 3.01. The van der Waals surface area contributed by atoms with Crippen molar-refractivity contribution in [2.45, 2.75) is 43.8 Å². The number of sulfonamides is 1. The van der Waals surface area contributed by atoms with Crippen molar-refractivity contribution in [1.82, 2.24) is 18.7 Å². The Morgan fingerprint density at radius 1 is 1.23 bits per heavy atom. The Morgan fingerprint density at radius 3 is 2.32 bits per heavy atom. The standard InChI is InChI=1S/C18H22F3N5O4S/c1-11-10-13(22-12(2)27)4-5-15(11)31(29,30)25-8-6-14(7-9-25)26-17(28)24(3)16(23-26)18(19,20)21/h4-5,10,14H,6-9H2,1-3H3,(H,22,27). The molecule has 0 aliphatic carbocycles. The molecule has 1 aromatic heterocycles. The largest absolute Gasteiger partial charge is 0.451 e. The summed E-state index contributed by atoms with van der Waals surface area (Å²) in [6.07, 6.45) is -4.46. The van der Waals surface area contributed by atoms with E-state index >= 15 is 0 Å². The quantitative estimate of drug-likeness (QED) is 0.749. The van der Waals surface area contributed by atoms with Gasteiger partial charge in [-0.05, 0) is 43.5 Å². The van der Waals surface area contributed by atoms with Crippen LogP contribution in [-0.4, -0.2) is 46.1 Å². The zero-order valence-corrected chi connectivity index (χ0v) is 17.9. The predicted molar refractivity (Wildman–Crippen MR) is 105 cm³/mol. The zero-order valence-electron chi connectivity index (χ0n) is 17.1. The maximum absolute atomic E-state index is 13.0. The Morgan fingerprint density at radius 2 is 1.84 bits per heavy atom. The number of carbonyl (C=O) groups is 1. The van der Waals surface area contributed by atoms with Gasteiger partial charge in [-0.2, -0.15) is 17.5 Å². The number of alkyl halides is 3. The second-order valence-electron chi connectivity index (χ2n) is 7.40. The van der Waals surface area contributed by atoms with Crippen molar-refractivity contribution in [1.29, 1.82) is 0 Å². The molecule has 0 radical (unpaired) electrons. The van der Waals surface area contributed by atoms with E-state index in [-0.39, 0.29) is 36.7 Å². The van der Waals surface area contributed by atoms with Crippen molar-refractivity contribution >= 4 is 21.6 Å². The fourth-order valence-electron chi connectivity index (χ4n) is 3.63. The number of nitrogens with zero attached hydrogens (tertiary/aromatic N) is 4. The van der Waals surface area contributed by atoms with Gasteiger partial charge in [-0.1, -0.05) is 0 Å². The molecule has 3 rings (SSSR count). The molecule has 1 aliphatic rings. The number of anilines is 1. The van der Waals surface area contributed by atoms with Crippen LogP contribution in [0.15, 0.2) is 27.9 Å². The highest BCUT2D eigenvalue weighted by molar-refractivity contribution is 7.89. The first-order chi connectivity index (χ1) is 14.3. The molecule has 1 aliphatic heterocycles. The Kier molecular flexibility index (Phi) is 6.02. The fraction of sp³-hybridized carbons (Fsp3) is 0.500. The number of hydrogen-bond donors (Lipinski definition) is 1. The Labute approximate surface area is 176 Å². The Balaban J connectivity index is 1.78. The van der Waals surface area contributed by atoms with Crippen LogP contribution in [0.4, 0.5) is 18.9 Å². The monoisotopic (exact) mass is 461 g/mol. The number of halogens is 3. The third-order valence-corrected chi connectivity index (χ3v) is 7.20. The van der Waals surface area contributed by atoms with Gasteiger partial charge in [0.2, 0.25) is 21.8 Å². The van der Waals surface area contributed by atoms with E-state index in [4.69, 9.17) is 0 Å². The Bertz CT molecular complexity index is 1160. The number of aromatic nitrogens is 3. The smallest absolute Gasteiger partial charge is 0.326 e. The van der Waals surface area contributed by atoms with Crippen LogP contribution in [0, 0.1) is 6.92 Å². The lowest BCUT2D eigenvalue weighted by Gasteiger charge is -2.31. The van der Waals surface area contributed by atoms with E-state index in [0.29, 0.717) is 15.8 Å². The molecule has 1 saturated heterocycles. The van der Waals surface area contributed by atoms with Crippen molar-refractivity contribution in [3.05, 3.63) is 40.1 Å². The summed E-state index contributed by atoms with van der Waals surface area (Å²) >= 11 is 0. The molecule has 1 amide bonds. The number of carbonyl (C=O) groups excluding carboxylic acids is 1. The molecular formula is C18H22F3N5O4S. The summed E-state index contributed by atoms with van der Waals surface area (Å²) in [6, 6.07) is 3.80. The van der Waals surface area contributed by atoms with Crippen LogP contribution in [0.1, 0.15) is 37.2 Å². The van der Waals surface area contributed by atoms with Crippen LogP contribution in [0.25, 0.3) is 0 Å². The minimum Gasteiger partial charge on any atom is -0.326 e. The minimum atomic E-state index is -4.76. The highest BCUT2D eigenvalue weighted by atomic mass is 32.2. The summed E-state index contributed by atoms with van der Waals surface area (Å²) in [7, 11) is -2.85. The second kappa shape index (κ2) is 8.11. The number of amides is 1. The van der Waals surface area contributed by atoms with E-state index in [9.17, 15) is 31.2 Å². The third kappa shape index (κ3) is 4.51. The molecular weight excluding hydrogens is 439 g/mol. The lowest BCUT2D eigenvalue weighted by Crippen LogP contribution is -2.41. The number of piperidine rings is 1. The molecule has 0 saturated carbocycles. The van der Waals surface area contributed by atoms with Crippen molar-refractivity contribution in [3.8, 4) is 0 Å². The van der Waals surface area contributed by atoms with E-state index in [1.54, 1.807) is 13.0 Å². The molecule has 0 bridgehead atoms. The van der Waals surface area contributed by atoms with Crippen molar-refractivity contribution in [3.63, 3.8) is 0 Å². The zero-order chi connectivity index (χ0) is 23.1. The molecule has 1 aromatic carbocycles. The number of benzene rings is 1. The average molecular weight is 461 g/mol. The topological polar surface area (TPSA) is 106 Å². The molecule has 2 aromatic rings. The van der Waals surface area contributed by atoms with Crippen molar-refractivity contribution in [2.75, 3.05) is 18.4 Å². The van der Waals surface area contributed by atoms with Crippen LogP contribution < -0.4 is 11.0 Å². The van der Waals surface area contributed by atoms with Gasteiger partial charge in [0, 0.05) is 32.7 Å². The fourth-order valence-corrected chi connectivity index (χ4v) is 5.30. The summed E-state index contributed by atoms with van der Waals surface area (Å²) < 4.78 is 67.6. The van der Waals surface area contributed by atoms with Crippen molar-refractivity contribution in [2.24, 2.45) is 7.05 Å². The summed E-state index contributed by atoms with van der Waals surface area (Å²) in [5, 5.41) is 6.02. The van der Waals surface area contributed by atoms with Gasteiger partial charge in [0.1, 0.15) is 0 Å². The van der Waals surface area contributed by atoms with Gasteiger partial charge in [-0.25, -0.2) is 17.9 Å². The maximum Gasteiger partial charge on any atom is 0.451 e. The lowest BCUT2D eigenvalue weighted by atomic mass is 10.1. The highest BCUT2D eigenvalue weighted by Crippen LogP contribution is 2.30. The van der Waals surface area contributed by atoms with Crippen LogP contribution in [0.3, 0.4) is 0 Å². The first-order valence-electron chi connectivity index (χ1n) is 9.43. The Hall–Kier alpha value is -2.67. The van der Waals surface area contributed by atoms with E-state index < -0.39 is 33.8 Å². The molecule has 31 heavy (non-hydrogen) atoms. The van der Waals surface area contributed by atoms with Crippen LogP contribution in [0.2, 0.25) is 0 Å². The summed E-state index contributed by atoms with van der Waals surface area (Å²) in [4.78, 5) is 23.4. The van der Waals surface area contributed by atoms with Crippen LogP contribution in [-0.2, 0) is 28.0 Å². The third-order valence-electron chi connectivity index (χ3n) is 5.14. The molecule has 13 heteroatoms. The molecule has 9 nitrogen and oxygen atoms in total. The lowest BCUT2D eigenvalue weighted by molar-refractivity contribution is -0.147. The van der Waals surface area contributed by atoms with Gasteiger partial charge < -0.3 is 5.32 Å². The first kappa shape index (κ1) is 23.0. The number of aryl methyl sites for hydroxylation is 1. The van der Waals surface area contributed by atoms with Crippen LogP contribution >= 0.6 is 0 Å². The summed E-state index contributed by atoms with van der Waals surface area (Å²) in [5.74, 6) is -1.57. The SMILES string of the molecule is CC(=O)Nc1ccc(S(=O)(=O)N2CCC(n3nc(C(F)(F)F)n(C)c3=O)CC2)c(C)c1. The van der Waals surface area contributed by atoms with Crippen molar-refractivity contribution < 1.29 is 26.4 Å². The predicted octanol–water partition coefficient (Wildman–Crippen LogP) is 1.89. The molecule has 0 atom stereocenters. The highest BCUT2D eigenvalue weighted by Gasteiger charge is 2.39. The molecule has 170 valence electrons. The number of rotatable bonds is 4. The molecule has 0 unspecified atom stereocenters. The van der Waals surface area contributed by atoms with Gasteiger partial charge >= 0.3 is 11.9 Å². The van der Waals surface area contributed by atoms with E-state index in [2.05, 4.69) is 10.4 Å². The maximum atomic E-state index is 13.0. The van der Waals surface area contributed by atoms with E-state index in [1.165, 1.54) is 23.4 Å². The first-order valence-corrected chi connectivity index (χ1v) is 10.9. The molecule has 1 N–H and O–H groups in total. The molecule has 1 fully saturated rings. The van der Waals surface area contributed by atoms with Gasteiger partial charge in [0.25, 0.3) is 0 Å². The van der Waals surface area contributed by atoms with E-state index in [0.717, 1.165) is 11.7 Å². The second-order valence-corrected chi connectivity index (χ2v) is 9.31. The van der Waals surface area contributed by atoms with Crippen LogP contribution in [0.5, 0.6) is 0 Å². The number of hydrogen-bond acceptors (Lipinski definition) is 5.